The fourth-order valence-corrected chi connectivity index (χ4v) is 3.93. The number of nitrogens with two attached hydrogens (primary N) is 1. The number of anilines is 1. The third kappa shape index (κ3) is 4.21. The van der Waals surface area contributed by atoms with E-state index in [9.17, 15) is 29.8 Å². The SMILES string of the molecule is COC(=O)C1=C(C(=O)OC)N(c2c(C(=O)OC)cccc2[N+](=O)[O-])C(N)=C(C#N)C1c1ccccc1. The molecule has 2 N–H and O–H groups in total. The maximum absolute atomic E-state index is 13.2. The lowest BCUT2D eigenvalue weighted by atomic mass is 9.80. The van der Waals surface area contributed by atoms with Crippen molar-refractivity contribution in [2.45, 2.75) is 5.92 Å². The largest absolute Gasteiger partial charge is 0.466 e. The van der Waals surface area contributed by atoms with Crippen LogP contribution in [0.15, 0.2) is 71.2 Å². The van der Waals surface area contributed by atoms with Crippen LogP contribution in [0.3, 0.4) is 0 Å². The molecule has 0 saturated carbocycles. The number of para-hydroxylation sites is 1. The number of allylic oxidation sites excluding steroid dienone is 1. The van der Waals surface area contributed by atoms with Gasteiger partial charge in [-0.15, -0.1) is 0 Å². The maximum atomic E-state index is 13.2. The van der Waals surface area contributed by atoms with Crippen LogP contribution in [-0.4, -0.2) is 44.2 Å². The van der Waals surface area contributed by atoms with Crippen molar-refractivity contribution in [2.75, 3.05) is 26.2 Å². The third-order valence-corrected chi connectivity index (χ3v) is 5.45. The van der Waals surface area contributed by atoms with Gasteiger partial charge in [-0.2, -0.15) is 5.26 Å². The fourth-order valence-electron chi connectivity index (χ4n) is 3.93. The van der Waals surface area contributed by atoms with Crippen molar-refractivity contribution in [1.82, 2.24) is 0 Å². The Balaban J connectivity index is 2.56. The number of nitriles is 1. The molecule has 12 heteroatoms. The quantitative estimate of drug-likeness (QED) is 0.271. The summed E-state index contributed by atoms with van der Waals surface area (Å²) in [6, 6.07) is 13.7. The second kappa shape index (κ2) is 10.4. The summed E-state index contributed by atoms with van der Waals surface area (Å²) in [5, 5.41) is 22.1. The highest BCUT2D eigenvalue weighted by Crippen LogP contribution is 2.46. The molecule has 0 fully saturated rings. The molecule has 0 aromatic heterocycles. The number of carbonyl (C=O) groups is 3. The van der Waals surface area contributed by atoms with Crippen molar-refractivity contribution in [3.63, 3.8) is 0 Å². The van der Waals surface area contributed by atoms with E-state index in [4.69, 9.17) is 19.9 Å². The number of hydrogen-bond acceptors (Lipinski definition) is 11. The van der Waals surface area contributed by atoms with Crippen LogP contribution in [0.1, 0.15) is 21.8 Å². The van der Waals surface area contributed by atoms with E-state index in [0.29, 0.717) is 5.56 Å². The van der Waals surface area contributed by atoms with Crippen LogP contribution in [0.5, 0.6) is 0 Å². The van der Waals surface area contributed by atoms with E-state index in [2.05, 4.69) is 0 Å². The summed E-state index contributed by atoms with van der Waals surface area (Å²) in [6.07, 6.45) is 0. The highest BCUT2D eigenvalue weighted by Gasteiger charge is 2.45. The number of methoxy groups -OCH3 is 3. The smallest absolute Gasteiger partial charge is 0.355 e. The van der Waals surface area contributed by atoms with Gasteiger partial charge in [0.1, 0.15) is 17.2 Å². The topological polar surface area (TPSA) is 175 Å². The molecule has 1 aliphatic rings. The van der Waals surface area contributed by atoms with Crippen LogP contribution < -0.4 is 10.6 Å². The van der Waals surface area contributed by atoms with E-state index >= 15 is 0 Å². The molecule has 3 rings (SSSR count). The number of ether oxygens (including phenoxy) is 3. The molecular formula is C24H20N4O8. The lowest BCUT2D eigenvalue weighted by Gasteiger charge is -2.36. The van der Waals surface area contributed by atoms with Gasteiger partial charge in [0.05, 0.1) is 54.9 Å². The van der Waals surface area contributed by atoms with Gasteiger partial charge < -0.3 is 19.9 Å². The molecule has 0 bridgehead atoms. The molecule has 0 radical (unpaired) electrons. The molecule has 2 aromatic carbocycles. The second-order valence-corrected chi connectivity index (χ2v) is 7.26. The van der Waals surface area contributed by atoms with E-state index in [1.807, 2.05) is 6.07 Å². The van der Waals surface area contributed by atoms with Gasteiger partial charge >= 0.3 is 17.9 Å². The Labute approximate surface area is 204 Å². The molecular weight excluding hydrogens is 472 g/mol. The predicted molar refractivity (Wildman–Crippen MR) is 124 cm³/mol. The number of carbonyl (C=O) groups excluding carboxylic acids is 3. The van der Waals surface area contributed by atoms with Crippen molar-refractivity contribution in [1.29, 1.82) is 5.26 Å². The van der Waals surface area contributed by atoms with Crippen LogP contribution in [0.4, 0.5) is 11.4 Å². The van der Waals surface area contributed by atoms with Crippen molar-refractivity contribution in [3.8, 4) is 6.07 Å². The normalized spacial score (nSPS) is 15.2. The van der Waals surface area contributed by atoms with Gasteiger partial charge in [0, 0.05) is 6.07 Å². The number of nitrogens with zero attached hydrogens (tertiary/aromatic N) is 3. The first kappa shape index (κ1) is 25.4. The van der Waals surface area contributed by atoms with E-state index in [0.717, 1.165) is 32.3 Å². The molecule has 0 aliphatic carbocycles. The molecule has 1 aliphatic heterocycles. The Morgan fingerprint density at radius 3 is 2.11 bits per heavy atom. The van der Waals surface area contributed by atoms with Crippen molar-refractivity contribution in [3.05, 3.63) is 92.4 Å². The Kier molecular flexibility index (Phi) is 7.34. The number of hydrogen-bond donors (Lipinski definition) is 1. The molecule has 1 heterocycles. The highest BCUT2D eigenvalue weighted by molar-refractivity contribution is 6.09. The number of nitro benzene ring substituents is 1. The minimum atomic E-state index is -1.18. The number of benzene rings is 2. The molecule has 0 spiro atoms. The molecule has 1 unspecified atom stereocenters. The van der Waals surface area contributed by atoms with E-state index in [-0.39, 0.29) is 16.7 Å². The molecule has 1 atom stereocenters. The molecule has 12 nitrogen and oxygen atoms in total. The summed E-state index contributed by atoms with van der Waals surface area (Å²) in [5.74, 6) is -4.75. The standard InChI is InChI=1S/C24H20N4O8/c1-34-22(29)14-10-7-11-16(28(32)33)19(14)27-20(24(31)36-3)18(23(30)35-2)17(15(12-25)21(27)26)13-8-5-4-6-9-13/h4-11,17H,26H2,1-3H3. The zero-order valence-electron chi connectivity index (χ0n) is 19.4. The van der Waals surface area contributed by atoms with Crippen molar-refractivity contribution in [2.24, 2.45) is 5.73 Å². The summed E-state index contributed by atoms with van der Waals surface area (Å²) in [7, 11) is 3.15. The summed E-state index contributed by atoms with van der Waals surface area (Å²) >= 11 is 0. The maximum Gasteiger partial charge on any atom is 0.355 e. The van der Waals surface area contributed by atoms with Gasteiger partial charge in [-0.3, -0.25) is 15.0 Å². The number of esters is 3. The first-order valence-corrected chi connectivity index (χ1v) is 10.2. The van der Waals surface area contributed by atoms with Crippen LogP contribution in [0.2, 0.25) is 0 Å². The van der Waals surface area contributed by atoms with Gasteiger partial charge in [-0.05, 0) is 11.6 Å². The van der Waals surface area contributed by atoms with Crippen LogP contribution in [0, 0.1) is 21.4 Å². The van der Waals surface area contributed by atoms with Gasteiger partial charge in [0.2, 0.25) is 0 Å². The Morgan fingerprint density at radius 1 is 0.972 bits per heavy atom. The summed E-state index contributed by atoms with van der Waals surface area (Å²) in [4.78, 5) is 50.8. The molecule has 184 valence electrons. The average Bonchev–Trinajstić information content (AvgIpc) is 2.90. The van der Waals surface area contributed by atoms with Crippen LogP contribution in [0.25, 0.3) is 0 Å². The predicted octanol–water partition coefficient (Wildman–Crippen LogP) is 2.28. The van der Waals surface area contributed by atoms with E-state index in [1.54, 1.807) is 30.3 Å². The number of rotatable bonds is 6. The first-order chi connectivity index (χ1) is 17.2. The summed E-state index contributed by atoms with van der Waals surface area (Å²) in [5.41, 5.74) is 4.14. The zero-order chi connectivity index (χ0) is 26.6. The van der Waals surface area contributed by atoms with Gasteiger partial charge in [0.25, 0.3) is 5.69 Å². The molecule has 36 heavy (non-hydrogen) atoms. The minimum absolute atomic E-state index is 0.219. The van der Waals surface area contributed by atoms with Gasteiger partial charge in [-0.1, -0.05) is 36.4 Å². The average molecular weight is 492 g/mol. The summed E-state index contributed by atoms with van der Waals surface area (Å²) < 4.78 is 14.6. The van der Waals surface area contributed by atoms with Crippen LogP contribution >= 0.6 is 0 Å². The highest BCUT2D eigenvalue weighted by atomic mass is 16.6. The van der Waals surface area contributed by atoms with Crippen molar-refractivity contribution < 1.29 is 33.5 Å². The van der Waals surface area contributed by atoms with E-state index in [1.165, 1.54) is 12.1 Å². The first-order valence-electron chi connectivity index (χ1n) is 10.2. The van der Waals surface area contributed by atoms with E-state index < -0.39 is 51.6 Å². The summed E-state index contributed by atoms with van der Waals surface area (Å²) in [6.45, 7) is 0. The lowest BCUT2D eigenvalue weighted by Crippen LogP contribution is -2.41. The van der Waals surface area contributed by atoms with Gasteiger partial charge in [0.15, 0.2) is 0 Å². The molecule has 2 aromatic rings. The fraction of sp³-hybridized carbons (Fsp3) is 0.167. The lowest BCUT2D eigenvalue weighted by molar-refractivity contribution is -0.384. The number of nitro groups is 1. The van der Waals surface area contributed by atoms with Crippen LogP contribution in [-0.2, 0) is 23.8 Å². The minimum Gasteiger partial charge on any atom is -0.466 e. The Morgan fingerprint density at radius 2 is 1.58 bits per heavy atom. The van der Waals surface area contributed by atoms with Gasteiger partial charge in [-0.25, -0.2) is 14.4 Å². The zero-order valence-corrected chi connectivity index (χ0v) is 19.4. The third-order valence-electron chi connectivity index (χ3n) is 5.45. The second-order valence-electron chi connectivity index (χ2n) is 7.26. The Hall–Kier alpha value is -5.18. The molecule has 0 saturated heterocycles. The van der Waals surface area contributed by atoms with Crippen molar-refractivity contribution >= 4 is 29.3 Å². The molecule has 0 amide bonds. The monoisotopic (exact) mass is 492 g/mol. The Bertz CT molecular complexity index is 1360.